The van der Waals surface area contributed by atoms with E-state index >= 15 is 0 Å². The quantitative estimate of drug-likeness (QED) is 0.358. The Morgan fingerprint density at radius 2 is 1.52 bits per heavy atom. The summed E-state index contributed by atoms with van der Waals surface area (Å²) >= 11 is 5.36. The lowest BCUT2D eigenvalue weighted by Gasteiger charge is -2.34. The molecule has 0 bridgehead atoms. The molecule has 1 fully saturated rings. The molecule has 7 heteroatoms. The Morgan fingerprint density at radius 3 is 2.21 bits per heavy atom. The smallest absolute Gasteiger partial charge is 0.288 e. The van der Waals surface area contributed by atoms with E-state index in [1.807, 2.05) is 12.1 Å². The molecule has 0 aromatic carbocycles. The Bertz CT molecular complexity index is 752. The van der Waals surface area contributed by atoms with Crippen molar-refractivity contribution < 1.29 is 4.42 Å². The van der Waals surface area contributed by atoms with Gasteiger partial charge in [-0.25, -0.2) is 4.68 Å². The molecule has 0 amide bonds. The van der Waals surface area contributed by atoms with Crippen LogP contribution in [-0.4, -0.2) is 57.3 Å². The maximum atomic E-state index is 5.67. The summed E-state index contributed by atoms with van der Waals surface area (Å²) in [5.41, 5.74) is 0.903. The number of unbranched alkanes of at least 4 members (excludes halogenated alkanes) is 7. The van der Waals surface area contributed by atoms with Crippen LogP contribution in [0.15, 0.2) is 28.9 Å². The average molecular weight is 418 g/mol. The number of hydrogen-bond donors (Lipinski definition) is 0. The second-order valence-electron chi connectivity index (χ2n) is 7.98. The van der Waals surface area contributed by atoms with Gasteiger partial charge in [-0.2, -0.15) is 0 Å². The summed E-state index contributed by atoms with van der Waals surface area (Å²) < 4.78 is 7.46. The maximum absolute atomic E-state index is 5.67. The number of aromatic nitrogens is 3. The van der Waals surface area contributed by atoms with Gasteiger partial charge in [-0.15, -0.1) is 5.10 Å². The summed E-state index contributed by atoms with van der Waals surface area (Å²) in [6, 6.07) is 3.77. The Hall–Kier alpha value is -1.57. The molecule has 2 aromatic heterocycles. The number of pyridine rings is 1. The SMILES string of the molecule is CCCCCCCCCCN1CCN(Cn2nc(-c3ccncc3)oc2=S)CC1. The fraction of sp³-hybridized carbons (Fsp3) is 0.682. The fourth-order valence-electron chi connectivity index (χ4n) is 3.82. The third-order valence-corrected chi connectivity index (χ3v) is 5.95. The van der Waals surface area contributed by atoms with Crippen molar-refractivity contribution in [3.63, 3.8) is 0 Å². The Labute approximate surface area is 179 Å². The highest BCUT2D eigenvalue weighted by Gasteiger charge is 2.18. The van der Waals surface area contributed by atoms with Gasteiger partial charge in [-0.3, -0.25) is 9.88 Å². The van der Waals surface area contributed by atoms with Crippen molar-refractivity contribution in [1.82, 2.24) is 24.6 Å². The van der Waals surface area contributed by atoms with E-state index in [0.29, 0.717) is 17.4 Å². The van der Waals surface area contributed by atoms with Gasteiger partial charge in [0.15, 0.2) is 0 Å². The van der Waals surface area contributed by atoms with Crippen molar-refractivity contribution in [3.8, 4) is 11.5 Å². The molecule has 0 aliphatic carbocycles. The zero-order valence-electron chi connectivity index (χ0n) is 17.8. The highest BCUT2D eigenvalue weighted by atomic mass is 32.1. The van der Waals surface area contributed by atoms with E-state index in [1.54, 1.807) is 17.1 Å². The number of hydrogen-bond acceptors (Lipinski definition) is 6. The van der Waals surface area contributed by atoms with Gasteiger partial charge >= 0.3 is 0 Å². The Balaban J connectivity index is 1.33. The average Bonchev–Trinajstić information content (AvgIpc) is 3.12. The first-order chi connectivity index (χ1) is 14.3. The van der Waals surface area contributed by atoms with Crippen LogP contribution in [0.4, 0.5) is 0 Å². The lowest BCUT2D eigenvalue weighted by Crippen LogP contribution is -2.47. The van der Waals surface area contributed by atoms with Crippen LogP contribution >= 0.6 is 12.2 Å². The zero-order chi connectivity index (χ0) is 20.3. The lowest BCUT2D eigenvalue weighted by molar-refractivity contribution is 0.100. The van der Waals surface area contributed by atoms with Crippen molar-refractivity contribution in [2.75, 3.05) is 32.7 Å². The molecule has 0 spiro atoms. The minimum absolute atomic E-state index is 0.429. The van der Waals surface area contributed by atoms with E-state index < -0.39 is 0 Å². The predicted octanol–water partition coefficient (Wildman–Crippen LogP) is 4.98. The molecule has 1 saturated heterocycles. The molecule has 6 nitrogen and oxygen atoms in total. The van der Waals surface area contributed by atoms with Gasteiger partial charge in [0, 0.05) is 44.1 Å². The number of piperazine rings is 1. The minimum Gasteiger partial charge on any atom is -0.409 e. The first-order valence-corrected chi connectivity index (χ1v) is 11.6. The summed E-state index contributed by atoms with van der Waals surface area (Å²) in [7, 11) is 0. The Morgan fingerprint density at radius 1 is 0.897 bits per heavy atom. The molecule has 0 unspecified atom stereocenters. The van der Waals surface area contributed by atoms with Gasteiger partial charge in [-0.1, -0.05) is 51.9 Å². The van der Waals surface area contributed by atoms with Crippen molar-refractivity contribution in [2.45, 2.75) is 65.0 Å². The van der Waals surface area contributed by atoms with Gasteiger partial charge < -0.3 is 9.32 Å². The molecule has 3 heterocycles. The van der Waals surface area contributed by atoms with Crippen LogP contribution in [0.2, 0.25) is 0 Å². The van der Waals surface area contributed by atoms with Gasteiger partial charge in [0.25, 0.3) is 4.84 Å². The normalized spacial score (nSPS) is 15.8. The summed E-state index contributed by atoms with van der Waals surface area (Å²) in [4.78, 5) is 9.46. The predicted molar refractivity (Wildman–Crippen MR) is 119 cm³/mol. The first kappa shape index (κ1) is 22.1. The van der Waals surface area contributed by atoms with Crippen LogP contribution in [0, 0.1) is 4.84 Å². The van der Waals surface area contributed by atoms with Gasteiger partial charge in [0.1, 0.15) is 0 Å². The van der Waals surface area contributed by atoms with Crippen molar-refractivity contribution >= 4 is 12.2 Å². The third kappa shape index (κ3) is 7.32. The highest BCUT2D eigenvalue weighted by molar-refractivity contribution is 7.71. The van der Waals surface area contributed by atoms with E-state index in [9.17, 15) is 0 Å². The van der Waals surface area contributed by atoms with Crippen LogP contribution in [0.25, 0.3) is 11.5 Å². The van der Waals surface area contributed by atoms with E-state index in [2.05, 4.69) is 26.8 Å². The van der Waals surface area contributed by atoms with Gasteiger partial charge in [0.2, 0.25) is 5.89 Å². The van der Waals surface area contributed by atoms with E-state index in [1.165, 1.54) is 57.9 Å². The maximum Gasteiger partial charge on any atom is 0.288 e. The van der Waals surface area contributed by atoms with Gasteiger partial charge in [-0.05, 0) is 37.3 Å². The van der Waals surface area contributed by atoms with Crippen LogP contribution in [-0.2, 0) is 6.67 Å². The molecule has 1 aliphatic rings. The van der Waals surface area contributed by atoms with E-state index in [-0.39, 0.29) is 0 Å². The number of nitrogens with zero attached hydrogens (tertiary/aromatic N) is 5. The summed E-state index contributed by atoms with van der Waals surface area (Å²) in [5.74, 6) is 0.561. The van der Waals surface area contributed by atoms with Crippen LogP contribution in [0.1, 0.15) is 58.3 Å². The second-order valence-corrected chi connectivity index (χ2v) is 8.33. The third-order valence-electron chi connectivity index (χ3n) is 5.66. The van der Waals surface area contributed by atoms with Gasteiger partial charge in [0.05, 0.1) is 6.67 Å². The topological polar surface area (TPSA) is 50.3 Å². The molecule has 3 rings (SSSR count). The molecular weight excluding hydrogens is 382 g/mol. The molecule has 0 atom stereocenters. The van der Waals surface area contributed by atoms with E-state index in [0.717, 1.165) is 31.7 Å². The molecule has 0 N–H and O–H groups in total. The molecule has 0 radical (unpaired) electrons. The van der Waals surface area contributed by atoms with Crippen LogP contribution < -0.4 is 0 Å². The molecule has 160 valence electrons. The standard InChI is InChI=1S/C22H35N5OS/c1-2-3-4-5-6-7-8-9-14-25-15-17-26(18-16-25)19-27-22(29)28-21(24-27)20-10-12-23-13-11-20/h10-13H,2-9,14-19H2,1H3. The summed E-state index contributed by atoms with van der Waals surface area (Å²) in [6.45, 7) is 8.56. The molecular formula is C22H35N5OS. The van der Waals surface area contributed by atoms with Crippen LogP contribution in [0.3, 0.4) is 0 Å². The first-order valence-electron chi connectivity index (χ1n) is 11.2. The molecule has 1 aliphatic heterocycles. The van der Waals surface area contributed by atoms with Crippen LogP contribution in [0.5, 0.6) is 0 Å². The van der Waals surface area contributed by atoms with Crippen molar-refractivity contribution in [3.05, 3.63) is 29.4 Å². The lowest BCUT2D eigenvalue weighted by atomic mass is 10.1. The second kappa shape index (κ2) is 12.2. The molecule has 29 heavy (non-hydrogen) atoms. The van der Waals surface area contributed by atoms with E-state index in [4.69, 9.17) is 16.6 Å². The monoisotopic (exact) mass is 417 g/mol. The summed E-state index contributed by atoms with van der Waals surface area (Å²) in [5, 5.41) is 4.55. The minimum atomic E-state index is 0.429. The van der Waals surface area contributed by atoms with Crippen molar-refractivity contribution in [2.24, 2.45) is 0 Å². The zero-order valence-corrected chi connectivity index (χ0v) is 18.6. The van der Waals surface area contributed by atoms with Crippen molar-refractivity contribution in [1.29, 1.82) is 0 Å². The molecule has 2 aromatic rings. The largest absolute Gasteiger partial charge is 0.409 e. The number of rotatable bonds is 12. The summed E-state index contributed by atoms with van der Waals surface area (Å²) in [6.07, 6.45) is 14.5. The Kier molecular flexibility index (Phi) is 9.31. The fourth-order valence-corrected chi connectivity index (χ4v) is 4.00. The highest BCUT2D eigenvalue weighted by Crippen LogP contribution is 2.17. The molecule has 0 saturated carbocycles.